The van der Waals surface area contributed by atoms with Gasteiger partial charge in [-0.3, -0.25) is 4.79 Å². The van der Waals surface area contributed by atoms with Gasteiger partial charge in [-0.25, -0.2) is 0 Å². The minimum Gasteiger partial charge on any atom is -0.468 e. The van der Waals surface area contributed by atoms with Crippen molar-refractivity contribution in [2.24, 2.45) is 5.73 Å². The summed E-state index contributed by atoms with van der Waals surface area (Å²) in [5.74, 6) is 0.0661. The summed E-state index contributed by atoms with van der Waals surface area (Å²) >= 11 is 8.85. The number of ether oxygens (including phenoxy) is 1. The second kappa shape index (κ2) is 6.49. The molecule has 1 aromatic heterocycles. The molecule has 0 radical (unpaired) electrons. The molecule has 0 aliphatic heterocycles. The van der Waals surface area contributed by atoms with E-state index in [1.165, 1.54) is 30.2 Å². The van der Waals surface area contributed by atoms with Crippen LogP contribution >= 0.6 is 34.7 Å². The summed E-state index contributed by atoms with van der Waals surface area (Å²) < 4.78 is 5.33. The summed E-state index contributed by atoms with van der Waals surface area (Å²) in [6.45, 7) is 1.92. The fraction of sp³-hybridized carbons (Fsp3) is 0.500. The molecule has 2 unspecified atom stereocenters. The van der Waals surface area contributed by atoms with Gasteiger partial charge in [-0.2, -0.15) is 0 Å². The SMILES string of the molecule is COC(=O)CSC(c1ccc(Cl)s1)C(C)N. The van der Waals surface area contributed by atoms with Crippen LogP contribution in [0, 0.1) is 0 Å². The molecule has 2 atom stereocenters. The van der Waals surface area contributed by atoms with Gasteiger partial charge in [-0.05, 0) is 19.1 Å². The van der Waals surface area contributed by atoms with Crippen LogP contribution in [0.2, 0.25) is 4.34 Å². The highest BCUT2D eigenvalue weighted by Gasteiger charge is 2.20. The fourth-order valence-electron chi connectivity index (χ4n) is 1.19. The van der Waals surface area contributed by atoms with Gasteiger partial charge < -0.3 is 10.5 Å². The highest BCUT2D eigenvalue weighted by Crippen LogP contribution is 2.37. The second-order valence-electron chi connectivity index (χ2n) is 3.31. The molecule has 1 aromatic rings. The molecule has 16 heavy (non-hydrogen) atoms. The number of halogens is 1. The van der Waals surface area contributed by atoms with E-state index in [0.717, 1.165) is 9.21 Å². The molecule has 90 valence electrons. The van der Waals surface area contributed by atoms with E-state index in [-0.39, 0.29) is 17.3 Å². The molecule has 0 amide bonds. The van der Waals surface area contributed by atoms with Gasteiger partial charge in [0, 0.05) is 10.9 Å². The van der Waals surface area contributed by atoms with Gasteiger partial charge >= 0.3 is 5.97 Å². The Balaban J connectivity index is 2.65. The van der Waals surface area contributed by atoms with Crippen molar-refractivity contribution in [2.45, 2.75) is 18.2 Å². The number of nitrogens with two attached hydrogens (primary N) is 1. The molecule has 0 aliphatic rings. The molecule has 2 N–H and O–H groups in total. The maximum absolute atomic E-state index is 11.1. The van der Waals surface area contributed by atoms with Crippen molar-refractivity contribution in [2.75, 3.05) is 12.9 Å². The predicted molar refractivity (Wildman–Crippen MR) is 70.2 cm³/mol. The van der Waals surface area contributed by atoms with E-state index in [9.17, 15) is 4.79 Å². The molecule has 0 saturated carbocycles. The van der Waals surface area contributed by atoms with Gasteiger partial charge in [0.15, 0.2) is 0 Å². The zero-order chi connectivity index (χ0) is 12.1. The average molecular weight is 280 g/mol. The van der Waals surface area contributed by atoms with Crippen LogP contribution in [0.1, 0.15) is 17.1 Å². The molecule has 3 nitrogen and oxygen atoms in total. The first-order chi connectivity index (χ1) is 7.54. The van der Waals surface area contributed by atoms with Gasteiger partial charge in [0.05, 0.1) is 22.4 Å². The number of methoxy groups -OCH3 is 1. The number of esters is 1. The molecular weight excluding hydrogens is 266 g/mol. The Bertz CT molecular complexity index is 354. The third kappa shape index (κ3) is 3.97. The second-order valence-corrected chi connectivity index (χ2v) is 6.19. The molecule has 1 rings (SSSR count). The minimum atomic E-state index is -0.238. The lowest BCUT2D eigenvalue weighted by Gasteiger charge is -2.18. The van der Waals surface area contributed by atoms with Crippen LogP contribution < -0.4 is 5.73 Å². The number of thioether (sulfide) groups is 1. The molecule has 0 aliphatic carbocycles. The number of carbonyl (C=O) groups is 1. The molecule has 1 heterocycles. The summed E-state index contributed by atoms with van der Waals surface area (Å²) in [6.07, 6.45) is 0. The van der Waals surface area contributed by atoms with Gasteiger partial charge in [0.2, 0.25) is 0 Å². The Hall–Kier alpha value is -0.230. The predicted octanol–water partition coefficient (Wildman–Crippen LogP) is 2.70. The van der Waals surface area contributed by atoms with E-state index in [1.807, 2.05) is 19.1 Å². The molecule has 0 fully saturated rings. The van der Waals surface area contributed by atoms with Crippen molar-refractivity contribution in [3.05, 3.63) is 21.3 Å². The molecular formula is C10H14ClNO2S2. The van der Waals surface area contributed by atoms with E-state index in [4.69, 9.17) is 17.3 Å². The third-order valence-corrected chi connectivity index (χ3v) is 4.87. The van der Waals surface area contributed by atoms with E-state index in [0.29, 0.717) is 5.75 Å². The lowest BCUT2D eigenvalue weighted by molar-refractivity contribution is -0.137. The van der Waals surface area contributed by atoms with Crippen molar-refractivity contribution < 1.29 is 9.53 Å². The van der Waals surface area contributed by atoms with E-state index >= 15 is 0 Å². The molecule has 6 heteroatoms. The number of rotatable bonds is 5. The summed E-state index contributed by atoms with van der Waals surface area (Å²) in [7, 11) is 1.38. The van der Waals surface area contributed by atoms with Crippen LogP contribution in [0.3, 0.4) is 0 Å². The summed E-state index contributed by atoms with van der Waals surface area (Å²) in [6, 6.07) is 3.75. The first-order valence-electron chi connectivity index (χ1n) is 4.74. The lowest BCUT2D eigenvalue weighted by Crippen LogP contribution is -2.23. The first kappa shape index (κ1) is 13.8. The monoisotopic (exact) mass is 279 g/mol. The van der Waals surface area contributed by atoms with Crippen LogP contribution in [0.15, 0.2) is 12.1 Å². The van der Waals surface area contributed by atoms with Crippen molar-refractivity contribution >= 4 is 40.7 Å². The van der Waals surface area contributed by atoms with Crippen molar-refractivity contribution in [1.29, 1.82) is 0 Å². The van der Waals surface area contributed by atoms with Crippen LogP contribution in [0.5, 0.6) is 0 Å². The first-order valence-corrected chi connectivity index (χ1v) is 6.98. The summed E-state index contributed by atoms with van der Waals surface area (Å²) in [5.41, 5.74) is 5.90. The molecule has 0 aromatic carbocycles. The lowest BCUT2D eigenvalue weighted by atomic mass is 10.2. The maximum Gasteiger partial charge on any atom is 0.315 e. The highest BCUT2D eigenvalue weighted by atomic mass is 35.5. The zero-order valence-corrected chi connectivity index (χ0v) is 11.5. The minimum absolute atomic E-state index is 0.0376. The maximum atomic E-state index is 11.1. The Morgan fingerprint density at radius 1 is 1.69 bits per heavy atom. The largest absolute Gasteiger partial charge is 0.468 e. The van der Waals surface area contributed by atoms with Crippen LogP contribution in [0.4, 0.5) is 0 Å². The Morgan fingerprint density at radius 2 is 2.38 bits per heavy atom. The summed E-state index contributed by atoms with van der Waals surface area (Å²) in [4.78, 5) is 12.2. The van der Waals surface area contributed by atoms with Gasteiger partial charge in [-0.1, -0.05) is 11.6 Å². The molecule has 0 saturated heterocycles. The number of hydrogen-bond donors (Lipinski definition) is 1. The smallest absolute Gasteiger partial charge is 0.315 e. The van der Waals surface area contributed by atoms with Crippen molar-refractivity contribution in [3.8, 4) is 0 Å². The topological polar surface area (TPSA) is 52.3 Å². The van der Waals surface area contributed by atoms with Gasteiger partial charge in [0.25, 0.3) is 0 Å². The normalized spacial score (nSPS) is 14.5. The number of carbonyl (C=O) groups excluding carboxylic acids is 1. The quantitative estimate of drug-likeness (QED) is 0.842. The Labute approximate surface area is 108 Å². The van der Waals surface area contributed by atoms with E-state index in [1.54, 1.807) is 0 Å². The standard InChI is InChI=1S/C10H14ClNO2S2/c1-6(12)10(15-5-9(13)14-2)7-3-4-8(11)16-7/h3-4,6,10H,5,12H2,1-2H3. The van der Waals surface area contributed by atoms with Crippen molar-refractivity contribution in [3.63, 3.8) is 0 Å². The fourth-order valence-corrected chi connectivity index (χ4v) is 3.68. The number of hydrogen-bond acceptors (Lipinski definition) is 5. The van der Waals surface area contributed by atoms with Crippen molar-refractivity contribution in [1.82, 2.24) is 0 Å². The third-order valence-electron chi connectivity index (χ3n) is 1.96. The van der Waals surface area contributed by atoms with Crippen LogP contribution in [-0.2, 0) is 9.53 Å². The van der Waals surface area contributed by atoms with Crippen LogP contribution in [-0.4, -0.2) is 24.9 Å². The number of thiophene rings is 1. The van der Waals surface area contributed by atoms with E-state index < -0.39 is 0 Å². The van der Waals surface area contributed by atoms with E-state index in [2.05, 4.69) is 4.74 Å². The molecule has 0 spiro atoms. The molecule has 0 bridgehead atoms. The van der Waals surface area contributed by atoms with Gasteiger partial charge in [0.1, 0.15) is 0 Å². The average Bonchev–Trinajstić information content (AvgIpc) is 2.64. The summed E-state index contributed by atoms with van der Waals surface area (Å²) in [5, 5.41) is 0.0802. The van der Waals surface area contributed by atoms with Crippen LogP contribution in [0.25, 0.3) is 0 Å². The zero-order valence-electron chi connectivity index (χ0n) is 9.10. The van der Waals surface area contributed by atoms with Gasteiger partial charge in [-0.15, -0.1) is 23.1 Å². The Kier molecular flexibility index (Phi) is 5.61. The Morgan fingerprint density at radius 3 is 2.81 bits per heavy atom. The highest BCUT2D eigenvalue weighted by molar-refractivity contribution is 8.00.